The Morgan fingerprint density at radius 1 is 1.39 bits per heavy atom. The topological polar surface area (TPSA) is 63.4 Å². The third-order valence-corrected chi connectivity index (χ3v) is 5.33. The Morgan fingerprint density at radius 2 is 2.06 bits per heavy atom. The minimum atomic E-state index is -3.77. The summed E-state index contributed by atoms with van der Waals surface area (Å²) < 4.78 is 39.4. The molecule has 0 bridgehead atoms. The molecule has 0 aliphatic carbocycles. The molecule has 0 aromatic heterocycles. The van der Waals surface area contributed by atoms with Crippen molar-refractivity contribution in [3.63, 3.8) is 0 Å². The van der Waals surface area contributed by atoms with Gasteiger partial charge in [-0.3, -0.25) is 0 Å². The first-order valence-corrected chi connectivity index (χ1v) is 7.37. The van der Waals surface area contributed by atoms with Crippen molar-refractivity contribution in [2.75, 3.05) is 13.1 Å². The molecule has 0 spiro atoms. The quantitative estimate of drug-likeness (QED) is 0.879. The van der Waals surface area contributed by atoms with Crippen LogP contribution in [0.3, 0.4) is 0 Å². The summed E-state index contributed by atoms with van der Waals surface area (Å²) in [7, 11) is -3.77. The summed E-state index contributed by atoms with van der Waals surface area (Å²) in [6.07, 6.45) is 0.703. The zero-order chi connectivity index (χ0) is 13.3. The molecule has 2 unspecified atom stereocenters. The van der Waals surface area contributed by atoms with Crippen molar-refractivity contribution in [3.05, 3.63) is 30.1 Å². The highest BCUT2D eigenvalue weighted by Gasteiger charge is 2.33. The van der Waals surface area contributed by atoms with E-state index in [-0.39, 0.29) is 23.4 Å². The van der Waals surface area contributed by atoms with Crippen molar-refractivity contribution in [1.29, 1.82) is 0 Å². The van der Waals surface area contributed by atoms with Gasteiger partial charge in [0.1, 0.15) is 10.7 Å². The number of sulfonamides is 1. The molecule has 2 N–H and O–H groups in total. The SMILES string of the molecule is CC1CCN(S(=O)(=O)c2ccccc2F)CC1N. The number of nitrogens with two attached hydrogens (primary N) is 1. The van der Waals surface area contributed by atoms with Crippen LogP contribution in [0.5, 0.6) is 0 Å². The first kappa shape index (κ1) is 13.5. The maximum Gasteiger partial charge on any atom is 0.246 e. The van der Waals surface area contributed by atoms with Crippen LogP contribution in [-0.2, 0) is 10.0 Å². The van der Waals surface area contributed by atoms with Crippen molar-refractivity contribution in [1.82, 2.24) is 4.31 Å². The second-order valence-electron chi connectivity index (χ2n) is 4.72. The van der Waals surface area contributed by atoms with E-state index in [1.54, 1.807) is 0 Å². The highest BCUT2D eigenvalue weighted by Crippen LogP contribution is 2.24. The molecule has 0 amide bonds. The molecule has 1 aromatic rings. The lowest BCUT2D eigenvalue weighted by molar-refractivity contribution is 0.252. The Bertz CT molecular complexity index is 533. The smallest absolute Gasteiger partial charge is 0.246 e. The Hall–Kier alpha value is -0.980. The fraction of sp³-hybridized carbons (Fsp3) is 0.500. The molecule has 1 aromatic carbocycles. The van der Waals surface area contributed by atoms with Crippen molar-refractivity contribution >= 4 is 10.0 Å². The van der Waals surface area contributed by atoms with Crippen molar-refractivity contribution in [2.45, 2.75) is 24.3 Å². The summed E-state index contributed by atoms with van der Waals surface area (Å²) in [5.74, 6) is -0.429. The molecule has 1 heterocycles. The minimum absolute atomic E-state index is 0.194. The van der Waals surface area contributed by atoms with Crippen LogP contribution in [0, 0.1) is 11.7 Å². The van der Waals surface area contributed by atoms with Crippen LogP contribution in [0.15, 0.2) is 29.2 Å². The molecule has 4 nitrogen and oxygen atoms in total. The summed E-state index contributed by atoms with van der Waals surface area (Å²) in [5, 5.41) is 0. The van der Waals surface area contributed by atoms with Gasteiger partial charge in [0.15, 0.2) is 0 Å². The Morgan fingerprint density at radius 3 is 2.67 bits per heavy atom. The predicted octanol–water partition coefficient (Wildman–Crippen LogP) is 1.18. The summed E-state index contributed by atoms with van der Waals surface area (Å²) in [4.78, 5) is -0.272. The monoisotopic (exact) mass is 272 g/mol. The lowest BCUT2D eigenvalue weighted by Crippen LogP contribution is -2.49. The van der Waals surface area contributed by atoms with Crippen molar-refractivity contribution in [3.8, 4) is 0 Å². The van der Waals surface area contributed by atoms with Gasteiger partial charge in [-0.25, -0.2) is 12.8 Å². The molecule has 1 saturated heterocycles. The van der Waals surface area contributed by atoms with Crippen LogP contribution >= 0.6 is 0 Å². The van der Waals surface area contributed by atoms with E-state index in [9.17, 15) is 12.8 Å². The molecule has 0 saturated carbocycles. The fourth-order valence-corrected chi connectivity index (χ4v) is 3.64. The van der Waals surface area contributed by atoms with Crippen LogP contribution < -0.4 is 5.73 Å². The second-order valence-corrected chi connectivity index (χ2v) is 6.63. The van der Waals surface area contributed by atoms with E-state index in [1.165, 1.54) is 22.5 Å². The van der Waals surface area contributed by atoms with E-state index in [0.29, 0.717) is 13.0 Å². The van der Waals surface area contributed by atoms with E-state index in [2.05, 4.69) is 0 Å². The van der Waals surface area contributed by atoms with Crippen LogP contribution in [0.4, 0.5) is 4.39 Å². The third-order valence-electron chi connectivity index (χ3n) is 3.43. The first-order valence-electron chi connectivity index (χ1n) is 5.93. The fourth-order valence-electron chi connectivity index (χ4n) is 2.08. The van der Waals surface area contributed by atoms with Gasteiger partial charge in [-0.2, -0.15) is 4.31 Å². The van der Waals surface area contributed by atoms with Gasteiger partial charge in [0, 0.05) is 19.1 Å². The summed E-state index contributed by atoms with van der Waals surface area (Å²) in [6.45, 7) is 2.64. The van der Waals surface area contributed by atoms with Gasteiger partial charge in [0.25, 0.3) is 0 Å². The zero-order valence-corrected chi connectivity index (χ0v) is 11.0. The molecule has 1 fully saturated rings. The third kappa shape index (κ3) is 2.41. The molecule has 2 atom stereocenters. The van der Waals surface area contributed by atoms with Crippen molar-refractivity contribution in [2.24, 2.45) is 11.7 Å². The number of nitrogens with zero attached hydrogens (tertiary/aromatic N) is 1. The molecule has 18 heavy (non-hydrogen) atoms. The summed E-state index contributed by atoms with van der Waals surface area (Å²) >= 11 is 0. The Balaban J connectivity index is 2.30. The second kappa shape index (κ2) is 4.95. The summed E-state index contributed by atoms with van der Waals surface area (Å²) in [5.41, 5.74) is 5.88. The average molecular weight is 272 g/mol. The number of piperidine rings is 1. The normalized spacial score (nSPS) is 26.2. The van der Waals surface area contributed by atoms with Crippen LogP contribution in [0.1, 0.15) is 13.3 Å². The maximum atomic E-state index is 13.6. The number of halogens is 1. The first-order chi connectivity index (χ1) is 8.43. The van der Waals surface area contributed by atoms with Gasteiger partial charge < -0.3 is 5.73 Å². The van der Waals surface area contributed by atoms with E-state index in [0.717, 1.165) is 6.07 Å². The van der Waals surface area contributed by atoms with Gasteiger partial charge >= 0.3 is 0 Å². The Labute approximate surface area is 107 Å². The van der Waals surface area contributed by atoms with Gasteiger partial charge in [-0.1, -0.05) is 19.1 Å². The van der Waals surface area contributed by atoms with Crippen molar-refractivity contribution < 1.29 is 12.8 Å². The van der Waals surface area contributed by atoms with Gasteiger partial charge in [0.05, 0.1) is 0 Å². The van der Waals surface area contributed by atoms with E-state index >= 15 is 0 Å². The number of hydrogen-bond acceptors (Lipinski definition) is 3. The maximum absolute atomic E-state index is 13.6. The van der Waals surface area contributed by atoms with Crippen LogP contribution in [0.2, 0.25) is 0 Å². The molecular weight excluding hydrogens is 255 g/mol. The molecular formula is C12H17FN2O2S. The number of benzene rings is 1. The predicted molar refractivity (Wildman–Crippen MR) is 66.9 cm³/mol. The highest BCUT2D eigenvalue weighted by atomic mass is 32.2. The lowest BCUT2D eigenvalue weighted by atomic mass is 9.96. The standard InChI is InChI=1S/C12H17FN2O2S/c1-9-6-7-15(8-11(9)14)18(16,17)12-5-3-2-4-10(12)13/h2-5,9,11H,6-8,14H2,1H3. The molecule has 0 radical (unpaired) electrons. The molecule has 1 aliphatic rings. The molecule has 1 aliphatic heterocycles. The summed E-state index contributed by atoms with van der Waals surface area (Å²) in [6, 6.07) is 5.23. The Kier molecular flexibility index (Phi) is 3.70. The molecule has 6 heteroatoms. The van der Waals surface area contributed by atoms with Gasteiger partial charge in [-0.15, -0.1) is 0 Å². The zero-order valence-electron chi connectivity index (χ0n) is 10.2. The highest BCUT2D eigenvalue weighted by molar-refractivity contribution is 7.89. The number of hydrogen-bond donors (Lipinski definition) is 1. The van der Waals surface area contributed by atoms with Gasteiger partial charge in [-0.05, 0) is 24.5 Å². The lowest BCUT2D eigenvalue weighted by Gasteiger charge is -2.34. The van der Waals surface area contributed by atoms with Gasteiger partial charge in [0.2, 0.25) is 10.0 Å². The largest absolute Gasteiger partial charge is 0.326 e. The minimum Gasteiger partial charge on any atom is -0.326 e. The van der Waals surface area contributed by atoms with E-state index in [1.807, 2.05) is 6.92 Å². The average Bonchev–Trinajstić information content (AvgIpc) is 2.33. The number of rotatable bonds is 2. The van der Waals surface area contributed by atoms with Crippen LogP contribution in [-0.4, -0.2) is 31.9 Å². The molecule has 100 valence electrons. The van der Waals surface area contributed by atoms with E-state index < -0.39 is 15.8 Å². The van der Waals surface area contributed by atoms with E-state index in [4.69, 9.17) is 5.73 Å². The van der Waals surface area contributed by atoms with Crippen LogP contribution in [0.25, 0.3) is 0 Å². The molecule has 2 rings (SSSR count).